The van der Waals surface area contributed by atoms with Crippen LogP contribution in [0.25, 0.3) is 6.08 Å². The molecule has 0 unspecified atom stereocenters. The fourth-order valence-corrected chi connectivity index (χ4v) is 4.96. The van der Waals surface area contributed by atoms with Crippen LogP contribution in [-0.4, -0.2) is 32.1 Å². The highest BCUT2D eigenvalue weighted by atomic mass is 35.5. The first-order chi connectivity index (χ1) is 19.9. The highest BCUT2D eigenvalue weighted by Crippen LogP contribution is 2.33. The number of carbonyl (C=O) groups excluding carboxylic acids is 3. The summed E-state index contributed by atoms with van der Waals surface area (Å²) in [5, 5.41) is 3.14. The van der Waals surface area contributed by atoms with E-state index in [-0.39, 0.29) is 11.1 Å². The SMILES string of the molecule is COC(=O)c1ccc(NC(=O)C=Cc2ccc(Sc3cccc(OCc4ccccc4)c3)cc2Cl)cc1C(=O)OC. The minimum Gasteiger partial charge on any atom is -0.489 e. The number of anilines is 1. The summed E-state index contributed by atoms with van der Waals surface area (Å²) in [4.78, 5) is 38.5. The number of amides is 1. The number of hydrogen-bond donors (Lipinski definition) is 1. The summed E-state index contributed by atoms with van der Waals surface area (Å²) in [6.07, 6.45) is 2.92. The standard InChI is InChI=1S/C32H26ClNO6S/c1-38-31(36)27-15-13-23(17-28(27)32(37)39-2)34-30(35)16-12-22-11-14-26(19-29(22)33)41-25-10-6-9-24(18-25)40-20-21-7-4-3-5-8-21/h3-19H,20H2,1-2H3,(H,34,35). The number of ether oxygens (including phenoxy) is 3. The molecule has 0 aliphatic carbocycles. The van der Waals surface area contributed by atoms with E-state index >= 15 is 0 Å². The summed E-state index contributed by atoms with van der Waals surface area (Å²) in [6.45, 7) is 0.487. The van der Waals surface area contributed by atoms with Gasteiger partial charge in [-0.3, -0.25) is 4.79 Å². The largest absolute Gasteiger partial charge is 0.489 e. The van der Waals surface area contributed by atoms with Gasteiger partial charge in [-0.05, 0) is 65.7 Å². The van der Waals surface area contributed by atoms with Crippen LogP contribution in [0.15, 0.2) is 107 Å². The zero-order valence-electron chi connectivity index (χ0n) is 22.3. The fourth-order valence-electron chi connectivity index (χ4n) is 3.75. The molecular formula is C32H26ClNO6S. The van der Waals surface area contributed by atoms with Crippen molar-refractivity contribution in [3.63, 3.8) is 0 Å². The van der Waals surface area contributed by atoms with Crippen LogP contribution in [0.1, 0.15) is 31.8 Å². The number of carbonyl (C=O) groups is 3. The maximum atomic E-state index is 12.5. The molecule has 208 valence electrons. The van der Waals surface area contributed by atoms with Crippen LogP contribution in [0.2, 0.25) is 5.02 Å². The van der Waals surface area contributed by atoms with Crippen molar-refractivity contribution in [1.82, 2.24) is 0 Å². The Hall–Kier alpha value is -4.53. The predicted octanol–water partition coefficient (Wildman–Crippen LogP) is 7.30. The van der Waals surface area contributed by atoms with E-state index in [1.807, 2.05) is 72.8 Å². The Kier molecular flexibility index (Phi) is 10.2. The molecule has 0 fully saturated rings. The Morgan fingerprint density at radius 2 is 1.54 bits per heavy atom. The zero-order valence-corrected chi connectivity index (χ0v) is 23.8. The third-order valence-corrected chi connectivity index (χ3v) is 7.08. The van der Waals surface area contributed by atoms with E-state index in [0.717, 1.165) is 21.1 Å². The molecule has 4 aromatic carbocycles. The van der Waals surface area contributed by atoms with Crippen molar-refractivity contribution < 1.29 is 28.6 Å². The highest BCUT2D eigenvalue weighted by Gasteiger charge is 2.19. The van der Waals surface area contributed by atoms with Crippen LogP contribution < -0.4 is 10.1 Å². The minimum atomic E-state index is -0.729. The molecule has 0 radical (unpaired) electrons. The third kappa shape index (κ3) is 8.23. The summed E-state index contributed by atoms with van der Waals surface area (Å²) >= 11 is 8.05. The molecular weight excluding hydrogens is 562 g/mol. The molecule has 41 heavy (non-hydrogen) atoms. The molecule has 7 nitrogen and oxygen atoms in total. The van der Waals surface area contributed by atoms with E-state index in [1.54, 1.807) is 17.8 Å². The Labute approximate surface area is 247 Å². The molecule has 4 rings (SSSR count). The Morgan fingerprint density at radius 3 is 2.27 bits per heavy atom. The average Bonchev–Trinajstić information content (AvgIpc) is 2.99. The first-order valence-electron chi connectivity index (χ1n) is 12.4. The molecule has 0 atom stereocenters. The summed E-state index contributed by atoms with van der Waals surface area (Å²) in [5.74, 6) is -1.10. The molecule has 0 heterocycles. The van der Waals surface area contributed by atoms with Crippen molar-refractivity contribution in [3.05, 3.63) is 124 Å². The molecule has 1 amide bonds. The fraction of sp³-hybridized carbons (Fsp3) is 0.0938. The second kappa shape index (κ2) is 14.2. The summed E-state index contributed by atoms with van der Waals surface area (Å²) in [7, 11) is 2.41. The van der Waals surface area contributed by atoms with Crippen LogP contribution in [0.4, 0.5) is 5.69 Å². The monoisotopic (exact) mass is 587 g/mol. The summed E-state index contributed by atoms with van der Waals surface area (Å²) < 4.78 is 15.4. The quantitative estimate of drug-likeness (QED) is 0.154. The van der Waals surface area contributed by atoms with Crippen molar-refractivity contribution in [1.29, 1.82) is 0 Å². The van der Waals surface area contributed by atoms with E-state index in [1.165, 1.54) is 38.5 Å². The van der Waals surface area contributed by atoms with Crippen molar-refractivity contribution in [2.45, 2.75) is 16.4 Å². The van der Waals surface area contributed by atoms with Crippen LogP contribution in [0, 0.1) is 0 Å². The highest BCUT2D eigenvalue weighted by molar-refractivity contribution is 7.99. The van der Waals surface area contributed by atoms with E-state index in [9.17, 15) is 14.4 Å². The van der Waals surface area contributed by atoms with E-state index < -0.39 is 17.8 Å². The van der Waals surface area contributed by atoms with Crippen LogP contribution in [0.3, 0.4) is 0 Å². The lowest BCUT2D eigenvalue weighted by molar-refractivity contribution is -0.111. The van der Waals surface area contributed by atoms with E-state index in [2.05, 4.69) is 5.32 Å². The lowest BCUT2D eigenvalue weighted by atomic mass is 10.1. The molecule has 0 aliphatic heterocycles. The van der Waals surface area contributed by atoms with Gasteiger partial charge in [-0.15, -0.1) is 0 Å². The molecule has 0 saturated heterocycles. The van der Waals surface area contributed by atoms with Gasteiger partial charge in [0.1, 0.15) is 12.4 Å². The second-order valence-corrected chi connectivity index (χ2v) is 10.2. The lowest BCUT2D eigenvalue weighted by Crippen LogP contribution is -2.14. The molecule has 0 bridgehead atoms. The van der Waals surface area contributed by atoms with Gasteiger partial charge in [-0.1, -0.05) is 65.8 Å². The van der Waals surface area contributed by atoms with Gasteiger partial charge < -0.3 is 19.5 Å². The van der Waals surface area contributed by atoms with Crippen molar-refractivity contribution >= 4 is 53.0 Å². The maximum Gasteiger partial charge on any atom is 0.338 e. The Balaban J connectivity index is 1.38. The van der Waals surface area contributed by atoms with Crippen molar-refractivity contribution in [2.75, 3.05) is 19.5 Å². The molecule has 0 aromatic heterocycles. The molecule has 9 heteroatoms. The van der Waals surface area contributed by atoms with Gasteiger partial charge in [0.25, 0.3) is 0 Å². The van der Waals surface area contributed by atoms with Crippen LogP contribution in [0.5, 0.6) is 5.75 Å². The Bertz CT molecular complexity index is 1590. The molecule has 0 aliphatic rings. The average molecular weight is 588 g/mol. The number of methoxy groups -OCH3 is 2. The van der Waals surface area contributed by atoms with Gasteiger partial charge in [-0.2, -0.15) is 0 Å². The van der Waals surface area contributed by atoms with Gasteiger partial charge in [0.15, 0.2) is 0 Å². The number of nitrogens with one attached hydrogen (secondary N) is 1. The summed E-state index contributed by atoms with van der Waals surface area (Å²) in [5.41, 5.74) is 2.06. The van der Waals surface area contributed by atoms with Gasteiger partial charge in [0, 0.05) is 26.6 Å². The molecule has 1 N–H and O–H groups in total. The molecule has 4 aromatic rings. The van der Waals surface area contributed by atoms with Crippen LogP contribution >= 0.6 is 23.4 Å². The number of hydrogen-bond acceptors (Lipinski definition) is 7. The second-order valence-electron chi connectivity index (χ2n) is 8.60. The van der Waals surface area contributed by atoms with Gasteiger partial charge in [-0.25, -0.2) is 9.59 Å². The number of esters is 2. The lowest BCUT2D eigenvalue weighted by Gasteiger charge is -2.09. The van der Waals surface area contributed by atoms with Crippen molar-refractivity contribution in [2.24, 2.45) is 0 Å². The predicted molar refractivity (Wildman–Crippen MR) is 160 cm³/mol. The van der Waals surface area contributed by atoms with E-state index in [0.29, 0.717) is 22.9 Å². The minimum absolute atomic E-state index is 0.0226. The first kappa shape index (κ1) is 29.5. The Morgan fingerprint density at radius 1 is 0.805 bits per heavy atom. The van der Waals surface area contributed by atoms with Gasteiger partial charge in [0.05, 0.1) is 25.3 Å². The normalized spacial score (nSPS) is 10.7. The first-order valence-corrected chi connectivity index (χ1v) is 13.6. The maximum absolute atomic E-state index is 12.5. The number of halogens is 1. The summed E-state index contributed by atoms with van der Waals surface area (Å²) in [6, 6.07) is 27.6. The van der Waals surface area contributed by atoms with Gasteiger partial charge in [0.2, 0.25) is 5.91 Å². The number of benzene rings is 4. The van der Waals surface area contributed by atoms with Crippen molar-refractivity contribution in [3.8, 4) is 5.75 Å². The number of rotatable bonds is 10. The zero-order chi connectivity index (χ0) is 29.2. The van der Waals surface area contributed by atoms with Crippen LogP contribution in [-0.2, 0) is 20.9 Å². The van der Waals surface area contributed by atoms with E-state index in [4.69, 9.17) is 25.8 Å². The topological polar surface area (TPSA) is 90.9 Å². The molecule has 0 spiro atoms. The van der Waals surface area contributed by atoms with Gasteiger partial charge >= 0.3 is 11.9 Å². The molecule has 0 saturated carbocycles. The third-order valence-electron chi connectivity index (χ3n) is 5.77. The smallest absolute Gasteiger partial charge is 0.338 e.